The summed E-state index contributed by atoms with van der Waals surface area (Å²) < 4.78 is 13.5. The summed E-state index contributed by atoms with van der Waals surface area (Å²) in [7, 11) is -1.11. The molecule has 4 aromatic rings. The standard InChI is InChI=1S/C25H21NOS/c27-28-24-13-7-6-12-22(24)26-23(17-25(28)19-9-2-1-3-10-19)21-15-14-18-8-4-5-11-20(18)16-21/h1-16,23,25-26H,17H2/t23-,25-,28-/m0/s1. The lowest BCUT2D eigenvalue weighted by Crippen LogP contribution is -2.13. The second-order valence-corrected chi connectivity index (χ2v) is 8.84. The number of hydrogen-bond donors (Lipinski definition) is 1. The van der Waals surface area contributed by atoms with Crippen molar-refractivity contribution in [3.8, 4) is 0 Å². The van der Waals surface area contributed by atoms with Crippen LogP contribution in [0, 0.1) is 0 Å². The number of nitrogens with one attached hydrogen (secondary N) is 1. The molecule has 0 saturated carbocycles. The Labute approximate surface area is 167 Å². The van der Waals surface area contributed by atoms with Gasteiger partial charge in [-0.15, -0.1) is 0 Å². The third kappa shape index (κ3) is 3.12. The van der Waals surface area contributed by atoms with Crippen LogP contribution >= 0.6 is 0 Å². The summed E-state index contributed by atoms with van der Waals surface area (Å²) in [6.07, 6.45) is 0.781. The normalized spacial score (nSPS) is 21.5. The Bertz CT molecular complexity index is 1160. The maximum absolute atomic E-state index is 13.5. The maximum Gasteiger partial charge on any atom is 0.0667 e. The minimum Gasteiger partial charge on any atom is -0.377 e. The average Bonchev–Trinajstić information content (AvgIpc) is 2.91. The molecule has 0 aromatic heterocycles. The van der Waals surface area contributed by atoms with Crippen LogP contribution in [0.15, 0.2) is 102 Å². The van der Waals surface area contributed by atoms with E-state index in [-0.39, 0.29) is 11.3 Å². The molecule has 4 aromatic carbocycles. The van der Waals surface area contributed by atoms with E-state index in [2.05, 4.69) is 59.9 Å². The molecule has 2 nitrogen and oxygen atoms in total. The highest BCUT2D eigenvalue weighted by Crippen LogP contribution is 2.41. The van der Waals surface area contributed by atoms with Gasteiger partial charge in [-0.25, -0.2) is 0 Å². The molecule has 0 bridgehead atoms. The molecule has 1 N–H and O–H groups in total. The first-order chi connectivity index (χ1) is 13.8. The molecular formula is C25H21NOS. The lowest BCUT2D eigenvalue weighted by molar-refractivity contribution is 0.644. The van der Waals surface area contributed by atoms with Crippen molar-refractivity contribution >= 4 is 27.3 Å². The SMILES string of the molecule is O=[S@]1c2ccccc2N[C@H](c2ccc3ccccc3c2)C[C@H]1c1ccccc1. The number of anilines is 1. The maximum atomic E-state index is 13.5. The van der Waals surface area contributed by atoms with E-state index in [4.69, 9.17) is 0 Å². The van der Waals surface area contributed by atoms with Gasteiger partial charge in [0.25, 0.3) is 0 Å². The Morgan fingerprint density at radius 3 is 2.29 bits per heavy atom. The summed E-state index contributed by atoms with van der Waals surface area (Å²) in [5.41, 5.74) is 3.33. The van der Waals surface area contributed by atoms with Gasteiger partial charge in [0.05, 0.1) is 32.7 Å². The summed E-state index contributed by atoms with van der Waals surface area (Å²) >= 11 is 0. The van der Waals surface area contributed by atoms with E-state index in [0.717, 1.165) is 22.6 Å². The van der Waals surface area contributed by atoms with E-state index in [1.165, 1.54) is 16.3 Å². The molecular weight excluding hydrogens is 362 g/mol. The summed E-state index contributed by atoms with van der Waals surface area (Å²) in [5.74, 6) is 0. The highest BCUT2D eigenvalue weighted by Gasteiger charge is 2.30. The minimum atomic E-state index is -1.11. The molecule has 138 valence electrons. The van der Waals surface area contributed by atoms with Gasteiger partial charge < -0.3 is 5.32 Å². The van der Waals surface area contributed by atoms with Crippen molar-refractivity contribution in [1.82, 2.24) is 0 Å². The molecule has 1 heterocycles. The minimum absolute atomic E-state index is 0.0474. The molecule has 1 aliphatic heterocycles. The zero-order valence-corrected chi connectivity index (χ0v) is 16.2. The third-order valence-electron chi connectivity index (χ3n) is 5.49. The molecule has 0 aliphatic carbocycles. The van der Waals surface area contributed by atoms with E-state index in [0.29, 0.717) is 0 Å². The molecule has 28 heavy (non-hydrogen) atoms. The number of hydrogen-bond acceptors (Lipinski definition) is 2. The van der Waals surface area contributed by atoms with Gasteiger partial charge in [0.2, 0.25) is 0 Å². The van der Waals surface area contributed by atoms with Crippen LogP contribution in [0.5, 0.6) is 0 Å². The molecule has 5 rings (SSSR count). The number of fused-ring (bicyclic) bond motifs is 2. The molecule has 3 atom stereocenters. The number of rotatable bonds is 2. The van der Waals surface area contributed by atoms with Crippen LogP contribution < -0.4 is 5.32 Å². The van der Waals surface area contributed by atoms with Gasteiger partial charge in [-0.05, 0) is 46.5 Å². The smallest absolute Gasteiger partial charge is 0.0667 e. The summed E-state index contributed by atoms with van der Waals surface area (Å²) in [6.45, 7) is 0. The molecule has 0 spiro atoms. The summed E-state index contributed by atoms with van der Waals surface area (Å²) in [6, 6.07) is 33.4. The Morgan fingerprint density at radius 2 is 1.43 bits per heavy atom. The Morgan fingerprint density at radius 1 is 0.714 bits per heavy atom. The van der Waals surface area contributed by atoms with Gasteiger partial charge in [-0.2, -0.15) is 0 Å². The highest BCUT2D eigenvalue weighted by molar-refractivity contribution is 7.85. The first-order valence-corrected chi connectivity index (χ1v) is 10.8. The van der Waals surface area contributed by atoms with Crippen LogP contribution in [0.4, 0.5) is 5.69 Å². The van der Waals surface area contributed by atoms with Crippen LogP contribution in [0.25, 0.3) is 10.8 Å². The predicted octanol–water partition coefficient (Wildman–Crippen LogP) is 6.25. The summed E-state index contributed by atoms with van der Waals surface area (Å²) in [4.78, 5) is 0.889. The Hall–Kier alpha value is -2.91. The second kappa shape index (κ2) is 7.25. The molecule has 0 amide bonds. The fraction of sp³-hybridized carbons (Fsp3) is 0.120. The molecule has 0 saturated heterocycles. The quantitative estimate of drug-likeness (QED) is 0.443. The lowest BCUT2D eigenvalue weighted by Gasteiger charge is -2.22. The van der Waals surface area contributed by atoms with Crippen LogP contribution in [0.1, 0.15) is 28.8 Å². The van der Waals surface area contributed by atoms with Crippen molar-refractivity contribution in [2.45, 2.75) is 22.6 Å². The zero-order chi connectivity index (χ0) is 18.9. The fourth-order valence-corrected chi connectivity index (χ4v) is 5.67. The topological polar surface area (TPSA) is 29.1 Å². The van der Waals surface area contributed by atoms with Gasteiger partial charge in [-0.1, -0.05) is 78.9 Å². The second-order valence-electron chi connectivity index (χ2n) is 7.23. The lowest BCUT2D eigenvalue weighted by atomic mass is 9.96. The van der Waals surface area contributed by atoms with Crippen LogP contribution in [0.2, 0.25) is 0 Å². The van der Waals surface area contributed by atoms with Gasteiger partial charge in [0.1, 0.15) is 0 Å². The van der Waals surface area contributed by atoms with Crippen LogP contribution in [-0.4, -0.2) is 4.21 Å². The highest BCUT2D eigenvalue weighted by atomic mass is 32.2. The molecule has 0 unspecified atom stereocenters. The largest absolute Gasteiger partial charge is 0.377 e. The first-order valence-electron chi connectivity index (χ1n) is 9.59. The van der Waals surface area contributed by atoms with Gasteiger partial charge in [0.15, 0.2) is 0 Å². The first kappa shape index (κ1) is 17.2. The van der Waals surface area contributed by atoms with Crippen molar-refractivity contribution in [3.05, 3.63) is 108 Å². The number of para-hydroxylation sites is 1. The van der Waals surface area contributed by atoms with Crippen molar-refractivity contribution in [2.24, 2.45) is 0 Å². The van der Waals surface area contributed by atoms with Gasteiger partial charge in [-0.3, -0.25) is 4.21 Å². The van der Waals surface area contributed by atoms with Crippen molar-refractivity contribution in [3.63, 3.8) is 0 Å². The fourth-order valence-electron chi connectivity index (χ4n) is 4.03. The van der Waals surface area contributed by atoms with E-state index in [1.807, 2.05) is 42.5 Å². The molecule has 3 heteroatoms. The Balaban J connectivity index is 1.62. The zero-order valence-electron chi connectivity index (χ0n) is 15.4. The van der Waals surface area contributed by atoms with Crippen LogP contribution in [-0.2, 0) is 10.8 Å². The molecule has 0 fully saturated rings. The molecule has 0 radical (unpaired) electrons. The van der Waals surface area contributed by atoms with Crippen molar-refractivity contribution in [1.29, 1.82) is 0 Å². The van der Waals surface area contributed by atoms with Crippen molar-refractivity contribution < 1.29 is 4.21 Å². The average molecular weight is 384 g/mol. The summed E-state index contributed by atoms with van der Waals surface area (Å²) in [5, 5.41) is 6.10. The Kier molecular flexibility index (Phi) is 4.46. The van der Waals surface area contributed by atoms with E-state index in [9.17, 15) is 4.21 Å². The van der Waals surface area contributed by atoms with Crippen molar-refractivity contribution in [2.75, 3.05) is 5.32 Å². The van der Waals surface area contributed by atoms with Gasteiger partial charge in [0, 0.05) is 0 Å². The van der Waals surface area contributed by atoms with E-state index < -0.39 is 10.8 Å². The van der Waals surface area contributed by atoms with Crippen LogP contribution in [0.3, 0.4) is 0 Å². The monoisotopic (exact) mass is 383 g/mol. The molecule has 1 aliphatic rings. The number of benzene rings is 4. The predicted molar refractivity (Wildman–Crippen MR) is 117 cm³/mol. The third-order valence-corrected chi connectivity index (χ3v) is 7.26. The van der Waals surface area contributed by atoms with E-state index >= 15 is 0 Å². The van der Waals surface area contributed by atoms with Gasteiger partial charge >= 0.3 is 0 Å². The van der Waals surface area contributed by atoms with E-state index in [1.54, 1.807) is 0 Å².